The third-order valence-corrected chi connectivity index (χ3v) is 3.37. The highest BCUT2D eigenvalue weighted by Gasteiger charge is 2.09. The van der Waals surface area contributed by atoms with Crippen LogP contribution in [0.25, 0.3) is 11.0 Å². The quantitative estimate of drug-likeness (QED) is 0.777. The number of aromatic amines is 1. The Kier molecular flexibility index (Phi) is 3.83. The maximum Gasteiger partial charge on any atom is 0.224 e. The molecule has 21 heavy (non-hydrogen) atoms. The summed E-state index contributed by atoms with van der Waals surface area (Å²) in [7, 11) is 0. The Bertz CT molecular complexity index is 767. The van der Waals surface area contributed by atoms with Gasteiger partial charge in [-0.05, 0) is 29.8 Å². The fourth-order valence-corrected chi connectivity index (χ4v) is 2.21. The summed E-state index contributed by atoms with van der Waals surface area (Å²) < 4.78 is 0. The normalized spacial score (nSPS) is 10.7. The number of aromatic nitrogens is 3. The van der Waals surface area contributed by atoms with Crippen LogP contribution in [0.4, 0.5) is 0 Å². The number of nitrogens with zero attached hydrogens (tertiary/aromatic N) is 2. The second kappa shape index (κ2) is 5.93. The molecule has 3 heterocycles. The minimum absolute atomic E-state index is 0.0588. The number of pyridine rings is 2. The molecule has 0 saturated heterocycles. The molecule has 2 N–H and O–H groups in total. The highest BCUT2D eigenvalue weighted by Crippen LogP contribution is 2.16. The Morgan fingerprint density at radius 3 is 3.00 bits per heavy atom. The molecule has 3 aromatic rings. The van der Waals surface area contributed by atoms with Crippen molar-refractivity contribution in [1.29, 1.82) is 0 Å². The van der Waals surface area contributed by atoms with Crippen LogP contribution in [0.5, 0.6) is 0 Å². The van der Waals surface area contributed by atoms with Crippen molar-refractivity contribution in [3.63, 3.8) is 0 Å². The summed E-state index contributed by atoms with van der Waals surface area (Å²) in [6, 6.07) is 7.34. The van der Waals surface area contributed by atoms with Gasteiger partial charge in [0, 0.05) is 24.0 Å². The van der Waals surface area contributed by atoms with Gasteiger partial charge in [-0.15, -0.1) is 0 Å². The topological polar surface area (TPSA) is 70.7 Å². The standard InChI is InChI=1S/C15H13ClN4O/c16-11-3-4-12(18-8-11)9-19-14(21)6-10-7-20-15-13(10)2-1-5-17-15/h1-5,7-8H,6,9H2,(H,17,20)(H,19,21). The Hall–Kier alpha value is -2.40. The van der Waals surface area contributed by atoms with E-state index >= 15 is 0 Å². The van der Waals surface area contributed by atoms with Crippen LogP contribution in [-0.4, -0.2) is 20.9 Å². The average molecular weight is 301 g/mol. The van der Waals surface area contributed by atoms with E-state index in [9.17, 15) is 4.79 Å². The Labute approximate surface area is 126 Å². The van der Waals surface area contributed by atoms with E-state index in [2.05, 4.69) is 20.3 Å². The van der Waals surface area contributed by atoms with Crippen LogP contribution < -0.4 is 5.32 Å². The molecule has 0 radical (unpaired) electrons. The molecule has 6 heteroatoms. The van der Waals surface area contributed by atoms with Crippen molar-refractivity contribution >= 4 is 28.5 Å². The largest absolute Gasteiger partial charge is 0.350 e. The van der Waals surface area contributed by atoms with Crippen molar-refractivity contribution in [2.24, 2.45) is 0 Å². The molecule has 0 spiro atoms. The van der Waals surface area contributed by atoms with Crippen molar-refractivity contribution in [3.8, 4) is 0 Å². The molecule has 0 bridgehead atoms. The minimum Gasteiger partial charge on any atom is -0.350 e. The van der Waals surface area contributed by atoms with E-state index in [4.69, 9.17) is 11.6 Å². The summed E-state index contributed by atoms with van der Waals surface area (Å²) in [5.41, 5.74) is 2.49. The molecule has 0 unspecified atom stereocenters. The molecule has 0 aliphatic heterocycles. The summed E-state index contributed by atoms with van der Waals surface area (Å²) in [5.74, 6) is -0.0588. The molecule has 0 aliphatic carbocycles. The summed E-state index contributed by atoms with van der Waals surface area (Å²) >= 11 is 5.77. The maximum absolute atomic E-state index is 12.0. The van der Waals surface area contributed by atoms with Crippen LogP contribution in [0, 0.1) is 0 Å². The number of halogens is 1. The first kappa shape index (κ1) is 13.6. The number of fused-ring (bicyclic) bond motifs is 1. The fraction of sp³-hybridized carbons (Fsp3) is 0.133. The second-order valence-electron chi connectivity index (χ2n) is 4.63. The van der Waals surface area contributed by atoms with Gasteiger partial charge in [-0.2, -0.15) is 0 Å². The Morgan fingerprint density at radius 1 is 1.29 bits per heavy atom. The van der Waals surface area contributed by atoms with Crippen LogP contribution in [0.1, 0.15) is 11.3 Å². The lowest BCUT2D eigenvalue weighted by molar-refractivity contribution is -0.120. The number of nitrogens with one attached hydrogen (secondary N) is 2. The first-order valence-corrected chi connectivity index (χ1v) is 6.88. The van der Waals surface area contributed by atoms with Crippen molar-refractivity contribution in [2.45, 2.75) is 13.0 Å². The highest BCUT2D eigenvalue weighted by atomic mass is 35.5. The number of hydrogen-bond acceptors (Lipinski definition) is 3. The van der Waals surface area contributed by atoms with Gasteiger partial charge in [0.2, 0.25) is 5.91 Å². The van der Waals surface area contributed by atoms with Crippen molar-refractivity contribution in [3.05, 3.63) is 59.1 Å². The van der Waals surface area contributed by atoms with Crippen molar-refractivity contribution in [1.82, 2.24) is 20.3 Å². The first-order valence-electron chi connectivity index (χ1n) is 6.50. The second-order valence-corrected chi connectivity index (χ2v) is 5.07. The first-order chi connectivity index (χ1) is 10.2. The van der Waals surface area contributed by atoms with Crippen LogP contribution >= 0.6 is 11.6 Å². The molecule has 0 aliphatic rings. The number of rotatable bonds is 4. The molecule has 106 valence electrons. The van der Waals surface area contributed by atoms with Gasteiger partial charge in [0.1, 0.15) is 5.65 Å². The molecule has 3 aromatic heterocycles. The monoisotopic (exact) mass is 300 g/mol. The summed E-state index contributed by atoms with van der Waals surface area (Å²) in [4.78, 5) is 23.4. The zero-order chi connectivity index (χ0) is 14.7. The summed E-state index contributed by atoms with van der Waals surface area (Å²) in [6.45, 7) is 0.386. The molecule has 5 nitrogen and oxygen atoms in total. The zero-order valence-electron chi connectivity index (χ0n) is 11.1. The van der Waals surface area contributed by atoms with E-state index in [0.717, 1.165) is 22.3 Å². The third-order valence-electron chi connectivity index (χ3n) is 3.14. The van der Waals surface area contributed by atoms with Gasteiger partial charge in [0.05, 0.1) is 23.7 Å². The predicted molar refractivity (Wildman–Crippen MR) is 80.9 cm³/mol. The smallest absolute Gasteiger partial charge is 0.224 e. The van der Waals surface area contributed by atoms with Gasteiger partial charge in [-0.1, -0.05) is 11.6 Å². The van der Waals surface area contributed by atoms with Gasteiger partial charge in [-0.25, -0.2) is 4.98 Å². The van der Waals surface area contributed by atoms with E-state index in [1.165, 1.54) is 0 Å². The Balaban J connectivity index is 1.62. The molecule has 0 saturated carbocycles. The van der Waals surface area contributed by atoms with Crippen molar-refractivity contribution < 1.29 is 4.79 Å². The molecule has 0 atom stereocenters. The van der Waals surface area contributed by atoms with Crippen LogP contribution in [-0.2, 0) is 17.8 Å². The highest BCUT2D eigenvalue weighted by molar-refractivity contribution is 6.30. The van der Waals surface area contributed by atoms with E-state index in [1.807, 2.05) is 18.3 Å². The third kappa shape index (κ3) is 3.20. The molecule has 0 fully saturated rings. The number of amides is 1. The van der Waals surface area contributed by atoms with E-state index in [1.54, 1.807) is 24.5 Å². The van der Waals surface area contributed by atoms with Gasteiger partial charge in [0.15, 0.2) is 0 Å². The van der Waals surface area contributed by atoms with E-state index < -0.39 is 0 Å². The molecule has 3 rings (SSSR count). The Morgan fingerprint density at radius 2 is 2.19 bits per heavy atom. The lowest BCUT2D eigenvalue weighted by Crippen LogP contribution is -2.24. The van der Waals surface area contributed by atoms with E-state index in [0.29, 0.717) is 18.0 Å². The zero-order valence-corrected chi connectivity index (χ0v) is 11.9. The number of hydrogen-bond donors (Lipinski definition) is 2. The fourth-order valence-electron chi connectivity index (χ4n) is 2.09. The number of carbonyl (C=O) groups excluding carboxylic acids is 1. The van der Waals surface area contributed by atoms with Crippen molar-refractivity contribution in [2.75, 3.05) is 0 Å². The molecular formula is C15H13ClN4O. The van der Waals surface area contributed by atoms with Gasteiger partial charge in [0.25, 0.3) is 0 Å². The lowest BCUT2D eigenvalue weighted by atomic mass is 10.1. The van der Waals surface area contributed by atoms with Gasteiger partial charge < -0.3 is 10.3 Å². The van der Waals surface area contributed by atoms with Crippen LogP contribution in [0.2, 0.25) is 5.02 Å². The van der Waals surface area contributed by atoms with Gasteiger partial charge in [-0.3, -0.25) is 9.78 Å². The summed E-state index contributed by atoms with van der Waals surface area (Å²) in [6.07, 6.45) is 5.40. The minimum atomic E-state index is -0.0588. The molecular weight excluding hydrogens is 288 g/mol. The average Bonchev–Trinajstić information content (AvgIpc) is 2.90. The maximum atomic E-state index is 12.0. The lowest BCUT2D eigenvalue weighted by Gasteiger charge is -2.04. The van der Waals surface area contributed by atoms with E-state index in [-0.39, 0.29) is 5.91 Å². The SMILES string of the molecule is O=C(Cc1c[nH]c2ncccc12)NCc1ccc(Cl)cn1. The number of carbonyl (C=O) groups is 1. The van der Waals surface area contributed by atoms with Crippen LogP contribution in [0.15, 0.2) is 42.9 Å². The number of H-pyrrole nitrogens is 1. The van der Waals surface area contributed by atoms with Gasteiger partial charge >= 0.3 is 0 Å². The van der Waals surface area contributed by atoms with Crippen LogP contribution in [0.3, 0.4) is 0 Å². The molecule has 1 amide bonds. The predicted octanol–water partition coefficient (Wildman–Crippen LogP) is 2.47. The molecule has 0 aromatic carbocycles. The summed E-state index contributed by atoms with van der Waals surface area (Å²) in [5, 5.41) is 4.39.